The first-order chi connectivity index (χ1) is 11.7. The van der Waals surface area contributed by atoms with Crippen molar-refractivity contribution >= 4 is 12.3 Å². The number of Topliss-reactive ketones (excluding diaryl/α,β-unsaturated/α-hetero) is 1. The van der Waals surface area contributed by atoms with Crippen LogP contribution in [0.5, 0.6) is 11.5 Å². The van der Waals surface area contributed by atoms with Crippen LogP contribution in [0, 0.1) is 0 Å². The lowest BCUT2D eigenvalue weighted by Crippen LogP contribution is -2.50. The fourth-order valence-corrected chi connectivity index (χ4v) is 2.98. The van der Waals surface area contributed by atoms with Crippen molar-refractivity contribution in [2.24, 2.45) is 0 Å². The molecule has 3 rings (SSSR count). The number of hydrogen-bond donors (Lipinski definition) is 1. The van der Waals surface area contributed by atoms with Crippen LogP contribution in [0.4, 0.5) is 0 Å². The topological polar surface area (TPSA) is 76.1 Å². The largest absolute Gasteiger partial charge is 0.507 e. The summed E-state index contributed by atoms with van der Waals surface area (Å²) in [6.45, 7) is 7.81. The number of fused-ring (bicyclic) bond motifs is 1. The molecule has 1 spiro atoms. The van der Waals surface area contributed by atoms with Gasteiger partial charge in [0.1, 0.15) is 28.3 Å². The smallest absolute Gasteiger partial charge is 0.293 e. The molecule has 1 aromatic rings. The van der Waals surface area contributed by atoms with E-state index >= 15 is 0 Å². The van der Waals surface area contributed by atoms with Crippen molar-refractivity contribution in [2.45, 2.75) is 51.2 Å². The summed E-state index contributed by atoms with van der Waals surface area (Å²) < 4.78 is 10.6. The van der Waals surface area contributed by atoms with Gasteiger partial charge in [-0.2, -0.15) is 0 Å². The number of carbonyl (C=O) groups excluding carboxylic acids is 2. The highest BCUT2D eigenvalue weighted by Gasteiger charge is 2.43. The zero-order chi connectivity index (χ0) is 18.7. The van der Waals surface area contributed by atoms with E-state index < -0.39 is 0 Å². The SMILES string of the molecule is CC(C)(C)OC=O.CN1CCC2(CC1)CC(=O)c1c(O)cccc1O2. The number of phenolic OH excluding ortho intramolecular Hbond substituents is 1. The number of ketones is 1. The minimum absolute atomic E-state index is 0.00102. The molecule has 0 bridgehead atoms. The normalized spacial score (nSPS) is 19.3. The van der Waals surface area contributed by atoms with E-state index in [1.54, 1.807) is 12.1 Å². The molecule has 6 heteroatoms. The van der Waals surface area contributed by atoms with Crippen molar-refractivity contribution in [3.8, 4) is 11.5 Å². The molecular weight excluding hydrogens is 322 g/mol. The first-order valence-electron chi connectivity index (χ1n) is 8.50. The Morgan fingerprint density at radius 1 is 1.28 bits per heavy atom. The Morgan fingerprint density at radius 2 is 1.92 bits per heavy atom. The van der Waals surface area contributed by atoms with E-state index in [2.05, 4.69) is 16.7 Å². The molecule has 0 unspecified atom stereocenters. The number of ether oxygens (including phenoxy) is 2. The molecule has 25 heavy (non-hydrogen) atoms. The van der Waals surface area contributed by atoms with Gasteiger partial charge in [0.25, 0.3) is 6.47 Å². The molecule has 0 atom stereocenters. The van der Waals surface area contributed by atoms with E-state index in [0.717, 1.165) is 25.9 Å². The maximum atomic E-state index is 12.2. The monoisotopic (exact) mass is 349 g/mol. The number of likely N-dealkylation sites (tertiary alicyclic amines) is 1. The highest BCUT2D eigenvalue weighted by Crippen LogP contribution is 2.41. The van der Waals surface area contributed by atoms with Gasteiger partial charge in [-0.3, -0.25) is 9.59 Å². The summed E-state index contributed by atoms with van der Waals surface area (Å²) in [5, 5.41) is 9.75. The number of hydrogen-bond acceptors (Lipinski definition) is 6. The summed E-state index contributed by atoms with van der Waals surface area (Å²) in [5.41, 5.74) is -0.325. The summed E-state index contributed by atoms with van der Waals surface area (Å²) in [5.74, 6) is 0.565. The van der Waals surface area contributed by atoms with E-state index in [1.807, 2.05) is 20.8 Å². The lowest BCUT2D eigenvalue weighted by Gasteiger charge is -2.43. The fourth-order valence-electron chi connectivity index (χ4n) is 2.98. The summed E-state index contributed by atoms with van der Waals surface area (Å²) >= 11 is 0. The number of piperidine rings is 1. The maximum absolute atomic E-state index is 12.2. The van der Waals surface area contributed by atoms with Crippen LogP contribution in [0.3, 0.4) is 0 Å². The molecule has 1 fully saturated rings. The molecule has 2 aliphatic rings. The Labute approximate surface area is 148 Å². The Morgan fingerprint density at radius 3 is 2.44 bits per heavy atom. The Hall–Kier alpha value is -2.08. The zero-order valence-electron chi connectivity index (χ0n) is 15.4. The molecular formula is C19H27NO5. The predicted molar refractivity (Wildman–Crippen MR) is 94.0 cm³/mol. The van der Waals surface area contributed by atoms with Crippen molar-refractivity contribution < 1.29 is 24.2 Å². The molecule has 0 aromatic heterocycles. The van der Waals surface area contributed by atoms with Crippen molar-refractivity contribution in [3.05, 3.63) is 23.8 Å². The van der Waals surface area contributed by atoms with Crippen LogP contribution in [0.15, 0.2) is 18.2 Å². The molecule has 0 amide bonds. The van der Waals surface area contributed by atoms with Crippen LogP contribution < -0.4 is 4.74 Å². The number of aromatic hydroxyl groups is 1. The van der Waals surface area contributed by atoms with Crippen molar-refractivity contribution in [3.63, 3.8) is 0 Å². The lowest BCUT2D eigenvalue weighted by molar-refractivity contribution is -0.138. The number of rotatable bonds is 1. The number of nitrogens with zero attached hydrogens (tertiary/aromatic N) is 1. The average molecular weight is 349 g/mol. The molecule has 0 saturated carbocycles. The van der Waals surface area contributed by atoms with Gasteiger partial charge in [0.2, 0.25) is 0 Å². The molecule has 1 aromatic carbocycles. The van der Waals surface area contributed by atoms with E-state index in [4.69, 9.17) is 4.74 Å². The van der Waals surface area contributed by atoms with Crippen molar-refractivity contribution in [1.82, 2.24) is 4.90 Å². The second-order valence-corrected chi connectivity index (χ2v) is 7.67. The third-order valence-corrected chi connectivity index (χ3v) is 4.39. The molecule has 6 nitrogen and oxygen atoms in total. The molecule has 0 radical (unpaired) electrons. The van der Waals surface area contributed by atoms with E-state index in [9.17, 15) is 14.7 Å². The predicted octanol–water partition coefficient (Wildman–Crippen LogP) is 2.78. The maximum Gasteiger partial charge on any atom is 0.293 e. The molecule has 138 valence electrons. The van der Waals surface area contributed by atoms with Gasteiger partial charge in [-0.15, -0.1) is 0 Å². The molecule has 1 saturated heterocycles. The van der Waals surface area contributed by atoms with Crippen LogP contribution in [-0.2, 0) is 9.53 Å². The standard InChI is InChI=1S/C14H17NO3.C5H10O2/c1-15-7-5-14(6-8-15)9-11(17)13-10(16)3-2-4-12(13)18-14;1-5(2,3)7-4-6/h2-4,16H,5-9H2,1H3;4H,1-3H3. The average Bonchev–Trinajstić information content (AvgIpc) is 2.50. The highest BCUT2D eigenvalue weighted by atomic mass is 16.5. The van der Waals surface area contributed by atoms with E-state index in [0.29, 0.717) is 24.2 Å². The summed E-state index contributed by atoms with van der Waals surface area (Å²) in [7, 11) is 2.08. The van der Waals surface area contributed by atoms with Gasteiger partial charge in [0.15, 0.2) is 5.78 Å². The molecule has 0 aliphatic carbocycles. The molecule has 2 aliphatic heterocycles. The van der Waals surface area contributed by atoms with Crippen LogP contribution in [0.1, 0.15) is 50.4 Å². The van der Waals surface area contributed by atoms with Gasteiger partial charge < -0.3 is 19.5 Å². The quantitative estimate of drug-likeness (QED) is 0.786. The second kappa shape index (κ2) is 7.44. The Balaban J connectivity index is 0.000000277. The first kappa shape index (κ1) is 19.2. The first-order valence-corrected chi connectivity index (χ1v) is 8.50. The van der Waals surface area contributed by atoms with Gasteiger partial charge in [-0.05, 0) is 40.0 Å². The number of carbonyl (C=O) groups is 2. The van der Waals surface area contributed by atoms with E-state index in [-0.39, 0.29) is 22.7 Å². The van der Waals surface area contributed by atoms with Crippen LogP contribution in [-0.4, -0.2) is 53.6 Å². The van der Waals surface area contributed by atoms with Gasteiger partial charge in [0, 0.05) is 25.9 Å². The number of phenols is 1. The summed E-state index contributed by atoms with van der Waals surface area (Å²) in [4.78, 5) is 24.1. The minimum Gasteiger partial charge on any atom is -0.507 e. The fraction of sp³-hybridized carbons (Fsp3) is 0.579. The van der Waals surface area contributed by atoms with E-state index in [1.165, 1.54) is 6.07 Å². The highest BCUT2D eigenvalue weighted by molar-refractivity contribution is 6.02. The third-order valence-electron chi connectivity index (χ3n) is 4.39. The van der Waals surface area contributed by atoms with Crippen LogP contribution in [0.2, 0.25) is 0 Å². The third kappa shape index (κ3) is 4.95. The van der Waals surface area contributed by atoms with Gasteiger partial charge in [0.05, 0.1) is 6.42 Å². The van der Waals surface area contributed by atoms with Crippen LogP contribution in [0.25, 0.3) is 0 Å². The minimum atomic E-state index is -0.357. The number of benzene rings is 1. The Kier molecular flexibility index (Phi) is 5.72. The second-order valence-electron chi connectivity index (χ2n) is 7.67. The summed E-state index contributed by atoms with van der Waals surface area (Å²) in [6.07, 6.45) is 2.11. The van der Waals surface area contributed by atoms with Crippen molar-refractivity contribution in [1.29, 1.82) is 0 Å². The van der Waals surface area contributed by atoms with Gasteiger partial charge in [-0.1, -0.05) is 6.07 Å². The zero-order valence-corrected chi connectivity index (χ0v) is 15.4. The molecule has 2 heterocycles. The van der Waals surface area contributed by atoms with Crippen LogP contribution >= 0.6 is 0 Å². The Bertz CT molecular complexity index is 627. The molecule has 1 N–H and O–H groups in total. The van der Waals surface area contributed by atoms with Gasteiger partial charge in [-0.25, -0.2) is 0 Å². The lowest BCUT2D eigenvalue weighted by atomic mass is 9.82. The summed E-state index contributed by atoms with van der Waals surface area (Å²) in [6, 6.07) is 5.02. The van der Waals surface area contributed by atoms with Crippen molar-refractivity contribution in [2.75, 3.05) is 20.1 Å². The van der Waals surface area contributed by atoms with Gasteiger partial charge >= 0.3 is 0 Å².